The molecule has 3 rings (SSSR count). The first-order chi connectivity index (χ1) is 9.20. The maximum atomic E-state index is 10.3. The number of aromatic hydroxyl groups is 1. The Morgan fingerprint density at radius 2 is 2.32 bits per heavy atom. The van der Waals surface area contributed by atoms with E-state index < -0.39 is 0 Å². The Kier molecular flexibility index (Phi) is 2.98. The highest BCUT2D eigenvalue weighted by atomic mass is 32.1. The minimum Gasteiger partial charge on any atom is -0.506 e. The fourth-order valence-electron chi connectivity index (χ4n) is 2.26. The summed E-state index contributed by atoms with van der Waals surface area (Å²) in [6, 6.07) is 5.68. The number of hydrogen-bond donors (Lipinski definition) is 2. The standard InChI is InChI=1S/C14H14N2O2S/c1-8(16-15)11-7-19-14(13(11)17)10-2-3-12-9(6-10)4-5-18-12/h2-3,6-8,15,17H,4-5H2,1H3. The number of nitrogens with zero attached hydrogens (tertiary/aromatic N) is 1. The number of ether oxygens (including phenoxy) is 1. The van der Waals surface area contributed by atoms with E-state index in [-0.39, 0.29) is 11.8 Å². The lowest BCUT2D eigenvalue weighted by atomic mass is 10.1. The molecule has 2 heterocycles. The van der Waals surface area contributed by atoms with Crippen LogP contribution in [0.25, 0.3) is 10.4 Å². The van der Waals surface area contributed by atoms with Crippen LogP contribution in [0.5, 0.6) is 11.5 Å². The summed E-state index contributed by atoms with van der Waals surface area (Å²) >= 11 is 1.48. The molecule has 2 aromatic rings. The monoisotopic (exact) mass is 274 g/mol. The minimum atomic E-state index is -0.303. The zero-order valence-corrected chi connectivity index (χ0v) is 11.3. The van der Waals surface area contributed by atoms with Crippen molar-refractivity contribution in [3.8, 4) is 21.9 Å². The van der Waals surface area contributed by atoms with Crippen LogP contribution in [0.1, 0.15) is 24.1 Å². The Bertz CT molecular complexity index is 636. The van der Waals surface area contributed by atoms with Gasteiger partial charge in [-0.25, -0.2) is 5.53 Å². The molecular weight excluding hydrogens is 260 g/mol. The molecule has 1 aliphatic rings. The summed E-state index contributed by atoms with van der Waals surface area (Å²) in [4.78, 5) is 0.834. The van der Waals surface area contributed by atoms with Gasteiger partial charge < -0.3 is 9.84 Å². The van der Waals surface area contributed by atoms with Gasteiger partial charge in [-0.3, -0.25) is 0 Å². The van der Waals surface area contributed by atoms with Gasteiger partial charge in [0.2, 0.25) is 0 Å². The number of benzene rings is 1. The summed E-state index contributed by atoms with van der Waals surface area (Å²) in [7, 11) is 0. The molecule has 0 saturated carbocycles. The van der Waals surface area contributed by atoms with Crippen LogP contribution < -0.4 is 4.74 Å². The molecule has 0 radical (unpaired) electrons. The van der Waals surface area contributed by atoms with Gasteiger partial charge in [0.15, 0.2) is 0 Å². The Balaban J connectivity index is 2.03. The second kappa shape index (κ2) is 4.66. The fraction of sp³-hybridized carbons (Fsp3) is 0.286. The molecule has 1 aliphatic heterocycles. The normalized spacial score (nSPS) is 14.8. The number of hydrogen-bond acceptors (Lipinski definition) is 5. The van der Waals surface area contributed by atoms with Crippen LogP contribution in [0.4, 0.5) is 0 Å². The van der Waals surface area contributed by atoms with Crippen molar-refractivity contribution in [2.75, 3.05) is 6.61 Å². The molecule has 0 aliphatic carbocycles. The Morgan fingerprint density at radius 1 is 1.47 bits per heavy atom. The molecule has 1 aromatic carbocycles. The summed E-state index contributed by atoms with van der Waals surface area (Å²) in [6.07, 6.45) is 0.917. The van der Waals surface area contributed by atoms with Crippen molar-refractivity contribution in [2.45, 2.75) is 19.4 Å². The lowest BCUT2D eigenvalue weighted by Crippen LogP contribution is -1.85. The van der Waals surface area contributed by atoms with Crippen molar-refractivity contribution in [1.29, 1.82) is 5.53 Å². The Morgan fingerprint density at radius 3 is 3.11 bits per heavy atom. The highest BCUT2D eigenvalue weighted by molar-refractivity contribution is 7.14. The van der Waals surface area contributed by atoms with Crippen molar-refractivity contribution in [3.05, 3.63) is 34.7 Å². The van der Waals surface area contributed by atoms with E-state index in [2.05, 4.69) is 11.2 Å². The maximum absolute atomic E-state index is 10.3. The molecule has 1 unspecified atom stereocenters. The van der Waals surface area contributed by atoms with Gasteiger partial charge in [-0.15, -0.1) is 11.3 Å². The van der Waals surface area contributed by atoms with Gasteiger partial charge in [-0.2, -0.15) is 5.11 Å². The topological polar surface area (TPSA) is 65.7 Å². The van der Waals surface area contributed by atoms with E-state index in [0.717, 1.165) is 29.2 Å². The van der Waals surface area contributed by atoms with Crippen molar-refractivity contribution in [3.63, 3.8) is 0 Å². The van der Waals surface area contributed by atoms with Crippen LogP contribution >= 0.6 is 11.3 Å². The third kappa shape index (κ3) is 2.00. The first-order valence-corrected chi connectivity index (χ1v) is 7.01. The zero-order chi connectivity index (χ0) is 13.4. The summed E-state index contributed by atoms with van der Waals surface area (Å²) in [5.41, 5.74) is 9.95. The second-order valence-corrected chi connectivity index (χ2v) is 5.47. The number of thiophene rings is 1. The first kappa shape index (κ1) is 12.2. The largest absolute Gasteiger partial charge is 0.506 e. The van der Waals surface area contributed by atoms with E-state index in [1.165, 1.54) is 16.9 Å². The summed E-state index contributed by atoms with van der Waals surface area (Å²) < 4.78 is 5.48. The molecule has 98 valence electrons. The minimum absolute atomic E-state index is 0.243. The van der Waals surface area contributed by atoms with E-state index in [9.17, 15) is 5.11 Å². The lowest BCUT2D eigenvalue weighted by Gasteiger charge is -2.05. The van der Waals surface area contributed by atoms with Crippen LogP contribution in [0.2, 0.25) is 0 Å². The number of nitrogens with one attached hydrogen (secondary N) is 1. The van der Waals surface area contributed by atoms with Gasteiger partial charge in [-0.05, 0) is 36.2 Å². The van der Waals surface area contributed by atoms with E-state index in [0.29, 0.717) is 5.56 Å². The Hall–Kier alpha value is -1.88. The fourth-order valence-corrected chi connectivity index (χ4v) is 3.31. The summed E-state index contributed by atoms with van der Waals surface area (Å²) in [5, 5.41) is 15.6. The molecule has 4 nitrogen and oxygen atoms in total. The van der Waals surface area contributed by atoms with Gasteiger partial charge in [0, 0.05) is 17.4 Å². The molecule has 0 saturated heterocycles. The molecule has 5 heteroatoms. The van der Waals surface area contributed by atoms with Gasteiger partial charge in [-0.1, -0.05) is 0 Å². The number of fused-ring (bicyclic) bond motifs is 1. The quantitative estimate of drug-likeness (QED) is 0.826. The van der Waals surface area contributed by atoms with Crippen LogP contribution in [-0.4, -0.2) is 11.7 Å². The van der Waals surface area contributed by atoms with Crippen LogP contribution in [-0.2, 0) is 6.42 Å². The van der Waals surface area contributed by atoms with E-state index in [1.807, 2.05) is 17.5 Å². The first-order valence-electron chi connectivity index (χ1n) is 6.13. The van der Waals surface area contributed by atoms with Crippen LogP contribution in [0, 0.1) is 5.53 Å². The zero-order valence-electron chi connectivity index (χ0n) is 10.5. The molecule has 1 atom stereocenters. The average molecular weight is 274 g/mol. The molecule has 0 fully saturated rings. The van der Waals surface area contributed by atoms with E-state index >= 15 is 0 Å². The van der Waals surface area contributed by atoms with Crippen LogP contribution in [0.3, 0.4) is 0 Å². The summed E-state index contributed by atoms with van der Waals surface area (Å²) in [5.74, 6) is 1.18. The molecular formula is C14H14N2O2S. The van der Waals surface area contributed by atoms with Crippen molar-refractivity contribution in [1.82, 2.24) is 0 Å². The lowest BCUT2D eigenvalue weighted by molar-refractivity contribution is 0.357. The highest BCUT2D eigenvalue weighted by Gasteiger charge is 2.19. The average Bonchev–Trinajstić information content (AvgIpc) is 3.03. The van der Waals surface area contributed by atoms with Crippen molar-refractivity contribution >= 4 is 11.3 Å². The van der Waals surface area contributed by atoms with E-state index in [1.54, 1.807) is 6.92 Å². The molecule has 19 heavy (non-hydrogen) atoms. The Labute approximate surface area is 115 Å². The van der Waals surface area contributed by atoms with Gasteiger partial charge in [0.05, 0.1) is 17.5 Å². The van der Waals surface area contributed by atoms with E-state index in [4.69, 9.17) is 10.3 Å². The van der Waals surface area contributed by atoms with Gasteiger partial charge in [0.25, 0.3) is 0 Å². The molecule has 0 bridgehead atoms. The third-order valence-electron chi connectivity index (χ3n) is 3.39. The van der Waals surface area contributed by atoms with Gasteiger partial charge >= 0.3 is 0 Å². The maximum Gasteiger partial charge on any atom is 0.139 e. The third-order valence-corrected chi connectivity index (χ3v) is 4.42. The SMILES string of the molecule is CC(N=N)c1csc(-c2ccc3c(c2)CCO3)c1O. The van der Waals surface area contributed by atoms with Crippen LogP contribution in [0.15, 0.2) is 28.7 Å². The second-order valence-electron chi connectivity index (χ2n) is 4.59. The van der Waals surface area contributed by atoms with Crippen molar-refractivity contribution in [2.24, 2.45) is 5.11 Å². The smallest absolute Gasteiger partial charge is 0.139 e. The van der Waals surface area contributed by atoms with Crippen molar-refractivity contribution < 1.29 is 9.84 Å². The molecule has 0 spiro atoms. The van der Waals surface area contributed by atoms with Gasteiger partial charge in [0.1, 0.15) is 11.5 Å². The molecule has 1 aromatic heterocycles. The highest BCUT2D eigenvalue weighted by Crippen LogP contribution is 2.43. The number of rotatable bonds is 3. The molecule has 2 N–H and O–H groups in total. The molecule has 0 amide bonds. The predicted molar refractivity (Wildman–Crippen MR) is 74.2 cm³/mol. The summed E-state index contributed by atoms with van der Waals surface area (Å²) in [6.45, 7) is 2.53. The predicted octanol–water partition coefficient (Wildman–Crippen LogP) is 4.15.